The lowest BCUT2D eigenvalue weighted by Gasteiger charge is -2.13. The molecule has 2 heterocycles. The van der Waals surface area contributed by atoms with Crippen LogP contribution >= 0.6 is 0 Å². The van der Waals surface area contributed by atoms with Gasteiger partial charge in [-0.1, -0.05) is 48.5 Å². The number of hydrogen-bond donors (Lipinski definition) is 1. The Labute approximate surface area is 177 Å². The molecule has 0 fully saturated rings. The Morgan fingerprint density at radius 2 is 1.70 bits per heavy atom. The molecule has 2 aromatic heterocycles. The second-order valence-corrected chi connectivity index (χ2v) is 7.54. The van der Waals surface area contributed by atoms with Crippen LogP contribution in [0.2, 0.25) is 0 Å². The number of fused-ring (bicyclic) bond motifs is 1. The minimum atomic E-state index is 0.0385. The molecule has 4 aromatic rings. The van der Waals surface area contributed by atoms with Crippen LogP contribution in [0.5, 0.6) is 0 Å². The van der Waals surface area contributed by atoms with Crippen LogP contribution in [0.3, 0.4) is 0 Å². The van der Waals surface area contributed by atoms with Crippen molar-refractivity contribution in [1.82, 2.24) is 14.7 Å². The summed E-state index contributed by atoms with van der Waals surface area (Å²) in [4.78, 5) is 19.4. The molecule has 0 radical (unpaired) electrons. The van der Waals surface area contributed by atoms with E-state index < -0.39 is 0 Å². The molecule has 0 saturated heterocycles. The molecule has 5 heteroatoms. The molecular weight excluding hydrogens is 372 g/mol. The number of imidazole rings is 1. The summed E-state index contributed by atoms with van der Waals surface area (Å²) in [5.74, 6) is 0.0385. The lowest BCUT2D eigenvalue weighted by atomic mass is 10.1. The van der Waals surface area contributed by atoms with E-state index in [9.17, 15) is 4.79 Å². The Balaban J connectivity index is 1.45. The number of nitrogens with one attached hydrogen (secondary N) is 1. The Morgan fingerprint density at radius 1 is 0.967 bits per heavy atom. The Bertz CT molecular complexity index is 1130. The highest BCUT2D eigenvalue weighted by Crippen LogP contribution is 2.25. The number of hydrogen-bond acceptors (Lipinski definition) is 3. The lowest BCUT2D eigenvalue weighted by Crippen LogP contribution is -2.23. The second kappa shape index (κ2) is 8.82. The van der Waals surface area contributed by atoms with Crippen LogP contribution in [0.25, 0.3) is 16.9 Å². The topological polar surface area (TPSA) is 49.6 Å². The van der Waals surface area contributed by atoms with Gasteiger partial charge in [-0.25, -0.2) is 4.98 Å². The van der Waals surface area contributed by atoms with E-state index in [1.807, 2.05) is 68.8 Å². The first-order valence-electron chi connectivity index (χ1n) is 10.2. The molecule has 4 rings (SSSR count). The number of nitrogens with zero attached hydrogens (tertiary/aromatic N) is 3. The molecule has 2 aromatic carbocycles. The fourth-order valence-corrected chi connectivity index (χ4v) is 3.55. The molecule has 0 aliphatic rings. The van der Waals surface area contributed by atoms with Crippen molar-refractivity contribution in [3.63, 3.8) is 0 Å². The number of aromatic nitrogens is 2. The molecule has 0 spiro atoms. The van der Waals surface area contributed by atoms with E-state index in [4.69, 9.17) is 4.98 Å². The predicted octanol–water partition coefficient (Wildman–Crippen LogP) is 4.32. The van der Waals surface area contributed by atoms with Gasteiger partial charge < -0.3 is 14.6 Å². The van der Waals surface area contributed by atoms with E-state index in [1.165, 1.54) is 0 Å². The first kappa shape index (κ1) is 19.7. The molecule has 0 aliphatic carbocycles. The third-order valence-electron chi connectivity index (χ3n) is 5.21. The highest BCUT2D eigenvalue weighted by Gasteiger charge is 2.15. The number of pyridine rings is 1. The molecule has 5 nitrogen and oxygen atoms in total. The Kier molecular flexibility index (Phi) is 5.80. The quantitative estimate of drug-likeness (QED) is 0.504. The third kappa shape index (κ3) is 4.35. The smallest absolute Gasteiger partial charge is 0.220 e. The van der Waals surface area contributed by atoms with Crippen molar-refractivity contribution in [1.29, 1.82) is 0 Å². The normalized spacial score (nSPS) is 10.9. The maximum atomic E-state index is 12.5. The van der Waals surface area contributed by atoms with Crippen LogP contribution in [-0.4, -0.2) is 29.4 Å². The summed E-state index contributed by atoms with van der Waals surface area (Å²) < 4.78 is 2.08. The summed E-state index contributed by atoms with van der Waals surface area (Å²) in [6.07, 6.45) is 3.05. The summed E-state index contributed by atoms with van der Waals surface area (Å²) in [6.45, 7) is 0.533. The van der Waals surface area contributed by atoms with Crippen LogP contribution in [0, 0.1) is 0 Å². The molecule has 152 valence electrons. The van der Waals surface area contributed by atoms with Gasteiger partial charge in [0.25, 0.3) is 0 Å². The number of aryl methyl sites for hydroxylation is 1. The summed E-state index contributed by atoms with van der Waals surface area (Å²) in [5.41, 5.74) is 6.20. The molecule has 1 amide bonds. The highest BCUT2D eigenvalue weighted by atomic mass is 16.1. The van der Waals surface area contributed by atoms with Crippen LogP contribution in [0.15, 0.2) is 79.0 Å². The van der Waals surface area contributed by atoms with E-state index in [0.717, 1.165) is 33.8 Å². The van der Waals surface area contributed by atoms with Crippen molar-refractivity contribution < 1.29 is 4.79 Å². The van der Waals surface area contributed by atoms with Crippen molar-refractivity contribution >= 4 is 17.2 Å². The summed E-state index contributed by atoms with van der Waals surface area (Å²) in [7, 11) is 4.03. The zero-order valence-corrected chi connectivity index (χ0v) is 17.4. The van der Waals surface area contributed by atoms with Gasteiger partial charge in [0.15, 0.2) is 0 Å². The largest absolute Gasteiger partial charge is 0.378 e. The van der Waals surface area contributed by atoms with Crippen LogP contribution in [-0.2, 0) is 17.8 Å². The van der Waals surface area contributed by atoms with E-state index in [-0.39, 0.29) is 5.91 Å². The number of carbonyl (C=O) groups is 1. The average Bonchev–Trinajstić information content (AvgIpc) is 3.16. The molecule has 0 bridgehead atoms. The van der Waals surface area contributed by atoms with Crippen molar-refractivity contribution in [2.75, 3.05) is 19.0 Å². The second-order valence-electron chi connectivity index (χ2n) is 7.54. The predicted molar refractivity (Wildman–Crippen MR) is 122 cm³/mol. The first-order chi connectivity index (χ1) is 14.6. The first-order valence-corrected chi connectivity index (χ1v) is 10.2. The van der Waals surface area contributed by atoms with Gasteiger partial charge in [-0.3, -0.25) is 4.79 Å². The molecule has 0 atom stereocenters. The summed E-state index contributed by atoms with van der Waals surface area (Å²) in [6, 6.07) is 24.3. The van der Waals surface area contributed by atoms with E-state index in [2.05, 4.69) is 38.9 Å². The number of anilines is 1. The maximum absolute atomic E-state index is 12.5. The number of carbonyl (C=O) groups excluding carboxylic acids is 1. The van der Waals surface area contributed by atoms with Crippen molar-refractivity contribution in [2.45, 2.75) is 19.4 Å². The van der Waals surface area contributed by atoms with E-state index >= 15 is 0 Å². The van der Waals surface area contributed by atoms with Gasteiger partial charge in [0.2, 0.25) is 5.91 Å². The fourth-order valence-electron chi connectivity index (χ4n) is 3.55. The van der Waals surface area contributed by atoms with Crippen LogP contribution in [0.1, 0.15) is 17.7 Å². The third-order valence-corrected chi connectivity index (χ3v) is 5.21. The summed E-state index contributed by atoms with van der Waals surface area (Å²) >= 11 is 0. The van der Waals surface area contributed by atoms with Gasteiger partial charge in [-0.2, -0.15) is 0 Å². The average molecular weight is 399 g/mol. The number of amides is 1. The van der Waals surface area contributed by atoms with E-state index in [1.54, 1.807) is 0 Å². The molecule has 1 N–H and O–H groups in total. The van der Waals surface area contributed by atoms with Crippen molar-refractivity contribution in [2.24, 2.45) is 0 Å². The minimum absolute atomic E-state index is 0.0385. The zero-order chi connectivity index (χ0) is 20.9. The van der Waals surface area contributed by atoms with Gasteiger partial charge >= 0.3 is 0 Å². The monoisotopic (exact) mass is 398 g/mol. The Morgan fingerprint density at radius 3 is 2.43 bits per heavy atom. The van der Waals surface area contributed by atoms with Crippen molar-refractivity contribution in [3.8, 4) is 11.3 Å². The Hall–Kier alpha value is -3.60. The van der Waals surface area contributed by atoms with Gasteiger partial charge in [0.05, 0.1) is 11.4 Å². The van der Waals surface area contributed by atoms with Crippen LogP contribution in [0.4, 0.5) is 5.69 Å². The number of benzene rings is 2. The van der Waals surface area contributed by atoms with E-state index in [0.29, 0.717) is 19.4 Å². The maximum Gasteiger partial charge on any atom is 0.220 e. The molecule has 0 saturated carbocycles. The van der Waals surface area contributed by atoms with Crippen LogP contribution < -0.4 is 10.2 Å². The van der Waals surface area contributed by atoms with Gasteiger partial charge in [0.1, 0.15) is 5.65 Å². The van der Waals surface area contributed by atoms with Crippen molar-refractivity contribution in [3.05, 3.63) is 90.3 Å². The SMILES string of the molecule is CN(C)c1ccc(CNC(=O)CCc2c(-c3ccccc3)nc3ccccn23)cc1. The van der Waals surface area contributed by atoms with Gasteiger partial charge in [0, 0.05) is 44.5 Å². The molecular formula is C25H26N4O. The standard InChI is InChI=1S/C25H26N4O/c1-28(2)21-13-11-19(12-14-21)18-26-24(30)16-15-22-25(20-8-4-3-5-9-20)27-23-10-6-7-17-29(22)23/h3-14,17H,15-16,18H2,1-2H3,(H,26,30). The lowest BCUT2D eigenvalue weighted by molar-refractivity contribution is -0.121. The zero-order valence-electron chi connectivity index (χ0n) is 17.4. The fraction of sp³-hybridized carbons (Fsp3) is 0.200. The molecule has 0 aliphatic heterocycles. The minimum Gasteiger partial charge on any atom is -0.378 e. The molecule has 30 heavy (non-hydrogen) atoms. The summed E-state index contributed by atoms with van der Waals surface area (Å²) in [5, 5.41) is 3.04. The van der Waals surface area contributed by atoms with Gasteiger partial charge in [-0.05, 0) is 36.2 Å². The van der Waals surface area contributed by atoms with Gasteiger partial charge in [-0.15, -0.1) is 0 Å². The highest BCUT2D eigenvalue weighted by molar-refractivity contribution is 5.77. The molecule has 0 unspecified atom stereocenters. The number of rotatable bonds is 7.